The molecule has 0 aliphatic rings. The average Bonchev–Trinajstić information content (AvgIpc) is 2.44. The van der Waals surface area contributed by atoms with Gasteiger partial charge in [0.05, 0.1) is 4.92 Å². The number of nitrogens with one attached hydrogen (secondary N) is 1. The third-order valence-electron chi connectivity index (χ3n) is 3.91. The fourth-order valence-corrected chi connectivity index (χ4v) is 2.41. The van der Waals surface area contributed by atoms with Crippen LogP contribution in [-0.4, -0.2) is 11.5 Å². The van der Waals surface area contributed by atoms with E-state index >= 15 is 0 Å². The molecule has 1 rings (SSSR count). The van der Waals surface area contributed by atoms with E-state index in [0.29, 0.717) is 12.5 Å². The van der Waals surface area contributed by atoms with Gasteiger partial charge in [-0.2, -0.15) is 0 Å². The number of nitrogens with zero attached hydrogens (tertiary/aromatic N) is 1. The summed E-state index contributed by atoms with van der Waals surface area (Å²) in [5.74, 6) is 0.703. The van der Waals surface area contributed by atoms with E-state index in [1.807, 2.05) is 13.0 Å². The molecule has 20 heavy (non-hydrogen) atoms. The minimum atomic E-state index is -0.311. The summed E-state index contributed by atoms with van der Waals surface area (Å²) in [7, 11) is 0. The van der Waals surface area contributed by atoms with Crippen molar-refractivity contribution >= 4 is 5.69 Å². The highest BCUT2D eigenvalue weighted by Gasteiger charge is 2.13. The van der Waals surface area contributed by atoms with E-state index in [1.54, 1.807) is 12.1 Å². The van der Waals surface area contributed by atoms with Gasteiger partial charge in [0.1, 0.15) is 0 Å². The summed E-state index contributed by atoms with van der Waals surface area (Å²) in [6.07, 6.45) is 4.95. The molecule has 0 bridgehead atoms. The van der Waals surface area contributed by atoms with Crippen LogP contribution in [0.3, 0.4) is 0 Å². The van der Waals surface area contributed by atoms with Crippen LogP contribution >= 0.6 is 0 Å². The molecule has 1 aromatic carbocycles. The van der Waals surface area contributed by atoms with E-state index in [9.17, 15) is 10.1 Å². The second-order valence-electron chi connectivity index (χ2n) is 5.37. The predicted octanol–water partition coefficient (Wildman–Crippen LogP) is 4.21. The number of hydrogen-bond acceptors (Lipinski definition) is 3. The second kappa shape index (κ2) is 8.69. The topological polar surface area (TPSA) is 55.2 Å². The number of nitro groups is 1. The standard InChI is InChI=1S/C16H26N2O2/c1-4-6-8-14(5-2)11-17-12-15-9-7-10-16(13(15)3)18(19)20/h7,9-10,14,17H,4-6,8,11-12H2,1-3H3. The molecule has 4 nitrogen and oxygen atoms in total. The van der Waals surface area contributed by atoms with Gasteiger partial charge in [0.2, 0.25) is 0 Å². The van der Waals surface area contributed by atoms with Crippen molar-refractivity contribution in [2.45, 2.75) is 53.0 Å². The van der Waals surface area contributed by atoms with E-state index in [-0.39, 0.29) is 10.6 Å². The van der Waals surface area contributed by atoms with Crippen molar-refractivity contribution in [3.05, 3.63) is 39.4 Å². The molecule has 112 valence electrons. The summed E-state index contributed by atoms with van der Waals surface area (Å²) in [4.78, 5) is 10.6. The SMILES string of the molecule is CCCCC(CC)CNCc1cccc([N+](=O)[O-])c1C. The highest BCUT2D eigenvalue weighted by molar-refractivity contribution is 5.44. The summed E-state index contributed by atoms with van der Waals surface area (Å²) in [6.45, 7) is 7.95. The molecule has 0 aliphatic heterocycles. The van der Waals surface area contributed by atoms with Crippen LogP contribution in [0.2, 0.25) is 0 Å². The molecule has 1 aromatic rings. The Labute approximate surface area is 121 Å². The van der Waals surface area contributed by atoms with Crippen LogP contribution in [0.15, 0.2) is 18.2 Å². The van der Waals surface area contributed by atoms with E-state index in [2.05, 4.69) is 19.2 Å². The number of rotatable bonds is 9. The molecule has 0 radical (unpaired) electrons. The number of hydrogen-bond donors (Lipinski definition) is 1. The largest absolute Gasteiger partial charge is 0.312 e. The van der Waals surface area contributed by atoms with Gasteiger partial charge in [-0.25, -0.2) is 0 Å². The quantitative estimate of drug-likeness (QED) is 0.544. The molecule has 0 spiro atoms. The lowest BCUT2D eigenvalue weighted by Gasteiger charge is -2.16. The Balaban J connectivity index is 2.53. The van der Waals surface area contributed by atoms with Crippen LogP contribution in [0.5, 0.6) is 0 Å². The molecule has 0 amide bonds. The first-order chi connectivity index (χ1) is 9.60. The van der Waals surface area contributed by atoms with Gasteiger partial charge < -0.3 is 5.32 Å². The first kappa shape index (κ1) is 16.6. The van der Waals surface area contributed by atoms with Gasteiger partial charge in [0.25, 0.3) is 5.69 Å². The van der Waals surface area contributed by atoms with Crippen LogP contribution in [0.1, 0.15) is 50.7 Å². The monoisotopic (exact) mass is 278 g/mol. The van der Waals surface area contributed by atoms with Crippen molar-refractivity contribution in [1.29, 1.82) is 0 Å². The van der Waals surface area contributed by atoms with Crippen LogP contribution in [0.25, 0.3) is 0 Å². The molecule has 1 atom stereocenters. The summed E-state index contributed by atoms with van der Waals surface area (Å²) in [5.41, 5.74) is 2.00. The van der Waals surface area contributed by atoms with Crippen LogP contribution < -0.4 is 5.32 Å². The molecule has 0 heterocycles. The van der Waals surface area contributed by atoms with Gasteiger partial charge >= 0.3 is 0 Å². The van der Waals surface area contributed by atoms with Crippen LogP contribution in [-0.2, 0) is 6.54 Å². The molecular weight excluding hydrogens is 252 g/mol. The normalized spacial score (nSPS) is 12.3. The second-order valence-corrected chi connectivity index (χ2v) is 5.37. The molecule has 0 aromatic heterocycles. The zero-order valence-electron chi connectivity index (χ0n) is 12.8. The molecular formula is C16H26N2O2. The van der Waals surface area contributed by atoms with Crippen molar-refractivity contribution in [1.82, 2.24) is 5.32 Å². The number of unbranched alkanes of at least 4 members (excludes halogenated alkanes) is 1. The molecule has 4 heteroatoms. The Kier molecular flexibility index (Phi) is 7.23. The van der Waals surface area contributed by atoms with Gasteiger partial charge in [-0.05, 0) is 31.4 Å². The van der Waals surface area contributed by atoms with Gasteiger partial charge in [-0.1, -0.05) is 45.2 Å². The minimum absolute atomic E-state index is 0.210. The maximum absolute atomic E-state index is 10.9. The number of benzene rings is 1. The van der Waals surface area contributed by atoms with E-state index in [0.717, 1.165) is 17.7 Å². The highest BCUT2D eigenvalue weighted by Crippen LogP contribution is 2.21. The zero-order valence-corrected chi connectivity index (χ0v) is 12.8. The third-order valence-corrected chi connectivity index (χ3v) is 3.91. The minimum Gasteiger partial charge on any atom is -0.312 e. The molecule has 1 N–H and O–H groups in total. The van der Waals surface area contributed by atoms with Crippen LogP contribution in [0, 0.1) is 23.0 Å². The molecule has 0 saturated carbocycles. The average molecular weight is 278 g/mol. The summed E-state index contributed by atoms with van der Waals surface area (Å²) >= 11 is 0. The van der Waals surface area contributed by atoms with E-state index < -0.39 is 0 Å². The molecule has 0 saturated heterocycles. The lowest BCUT2D eigenvalue weighted by Crippen LogP contribution is -2.22. The van der Waals surface area contributed by atoms with Crippen LogP contribution in [0.4, 0.5) is 5.69 Å². The Morgan fingerprint density at radius 2 is 2.10 bits per heavy atom. The maximum atomic E-state index is 10.9. The smallest absolute Gasteiger partial charge is 0.272 e. The fraction of sp³-hybridized carbons (Fsp3) is 0.625. The van der Waals surface area contributed by atoms with Crippen molar-refractivity contribution in [3.63, 3.8) is 0 Å². The Morgan fingerprint density at radius 1 is 1.35 bits per heavy atom. The van der Waals surface area contributed by atoms with Crippen molar-refractivity contribution in [3.8, 4) is 0 Å². The van der Waals surface area contributed by atoms with E-state index in [1.165, 1.54) is 25.7 Å². The van der Waals surface area contributed by atoms with Crippen molar-refractivity contribution in [2.75, 3.05) is 6.54 Å². The highest BCUT2D eigenvalue weighted by atomic mass is 16.6. The molecule has 1 unspecified atom stereocenters. The molecule has 0 fully saturated rings. The summed E-state index contributed by atoms with van der Waals surface area (Å²) in [5, 5.41) is 14.4. The molecule has 0 aliphatic carbocycles. The third kappa shape index (κ3) is 4.93. The Morgan fingerprint density at radius 3 is 2.70 bits per heavy atom. The Hall–Kier alpha value is -1.42. The van der Waals surface area contributed by atoms with Gasteiger partial charge in [-0.3, -0.25) is 10.1 Å². The fourth-order valence-electron chi connectivity index (χ4n) is 2.41. The maximum Gasteiger partial charge on any atom is 0.272 e. The van der Waals surface area contributed by atoms with Gasteiger partial charge in [0, 0.05) is 18.2 Å². The van der Waals surface area contributed by atoms with Crippen molar-refractivity contribution in [2.24, 2.45) is 5.92 Å². The first-order valence-electron chi connectivity index (χ1n) is 7.53. The lowest BCUT2D eigenvalue weighted by atomic mass is 9.99. The van der Waals surface area contributed by atoms with Gasteiger partial charge in [-0.15, -0.1) is 0 Å². The number of nitro benzene ring substituents is 1. The Bertz CT molecular complexity index is 432. The van der Waals surface area contributed by atoms with Gasteiger partial charge in [0.15, 0.2) is 0 Å². The summed E-state index contributed by atoms with van der Waals surface area (Å²) < 4.78 is 0. The van der Waals surface area contributed by atoms with E-state index in [4.69, 9.17) is 0 Å². The lowest BCUT2D eigenvalue weighted by molar-refractivity contribution is -0.385. The summed E-state index contributed by atoms with van der Waals surface area (Å²) in [6, 6.07) is 5.29. The zero-order chi connectivity index (χ0) is 15.0. The first-order valence-corrected chi connectivity index (χ1v) is 7.53. The predicted molar refractivity (Wildman–Crippen MR) is 82.8 cm³/mol. The van der Waals surface area contributed by atoms with Crippen molar-refractivity contribution < 1.29 is 4.92 Å².